The summed E-state index contributed by atoms with van der Waals surface area (Å²) < 4.78 is 30.2. The molecule has 1 aromatic carbocycles. The van der Waals surface area contributed by atoms with Crippen molar-refractivity contribution in [2.75, 3.05) is 18.0 Å². The Hall–Kier alpha value is -2.19. The molecular formula is C35H59N5O2S. The molecule has 0 unspecified atom stereocenters. The second-order valence-electron chi connectivity index (χ2n) is 12.8. The van der Waals surface area contributed by atoms with Crippen LogP contribution in [0.4, 0.5) is 5.82 Å². The number of aromatic nitrogens is 3. The smallest absolute Gasteiger partial charge is 0.211 e. The fourth-order valence-corrected chi connectivity index (χ4v) is 7.16. The second kappa shape index (κ2) is 19.3. The normalized spacial score (nSPS) is 12.3. The number of para-hydroxylation sites is 1. The number of nitrogen functional groups attached to an aromatic ring is 1. The molecular weight excluding hydrogens is 554 g/mol. The number of anilines is 1. The van der Waals surface area contributed by atoms with Gasteiger partial charge in [-0.15, -0.1) is 0 Å². The van der Waals surface area contributed by atoms with Crippen LogP contribution < -0.4 is 10.5 Å². The van der Waals surface area contributed by atoms with Crippen molar-refractivity contribution in [3.05, 3.63) is 30.1 Å². The van der Waals surface area contributed by atoms with Gasteiger partial charge in [0, 0.05) is 24.9 Å². The minimum absolute atomic E-state index is 0.232. The first-order valence-electron chi connectivity index (χ1n) is 17.3. The number of hydrogen-bond acceptors (Lipinski definition) is 5. The highest BCUT2D eigenvalue weighted by Gasteiger charge is 2.17. The molecule has 3 N–H and O–H groups in total. The SMILES string of the molecule is CCCCc1nc2c(N)nc3ccccc3c2n1CCCCNS(=O)(=O)CCCCCCCCCCCCCCC(C)C. The summed E-state index contributed by atoms with van der Waals surface area (Å²) in [6.07, 6.45) is 21.0. The van der Waals surface area contributed by atoms with Gasteiger partial charge in [0.25, 0.3) is 0 Å². The van der Waals surface area contributed by atoms with Crippen molar-refractivity contribution in [2.24, 2.45) is 5.92 Å². The fraction of sp³-hybridized carbons (Fsp3) is 0.714. The van der Waals surface area contributed by atoms with Gasteiger partial charge in [-0.05, 0) is 37.7 Å². The van der Waals surface area contributed by atoms with Crippen LogP contribution in [0.3, 0.4) is 0 Å². The summed E-state index contributed by atoms with van der Waals surface area (Å²) in [5, 5.41) is 1.06. The molecule has 0 amide bonds. The van der Waals surface area contributed by atoms with Gasteiger partial charge in [-0.25, -0.2) is 23.1 Å². The van der Waals surface area contributed by atoms with E-state index in [0.717, 1.165) is 91.6 Å². The molecule has 2 heterocycles. The monoisotopic (exact) mass is 613 g/mol. The highest BCUT2D eigenvalue weighted by Crippen LogP contribution is 2.29. The maximum atomic E-state index is 12.5. The van der Waals surface area contributed by atoms with Crippen molar-refractivity contribution >= 4 is 37.8 Å². The molecule has 0 saturated carbocycles. The van der Waals surface area contributed by atoms with Gasteiger partial charge in [0.2, 0.25) is 10.0 Å². The first kappa shape index (κ1) is 35.3. The maximum absolute atomic E-state index is 12.5. The summed E-state index contributed by atoms with van der Waals surface area (Å²) in [5.41, 5.74) is 9.00. The van der Waals surface area contributed by atoms with E-state index in [9.17, 15) is 8.42 Å². The van der Waals surface area contributed by atoms with E-state index in [4.69, 9.17) is 10.7 Å². The summed E-state index contributed by atoms with van der Waals surface area (Å²) in [5.74, 6) is 2.58. The number of nitrogens with one attached hydrogen (secondary N) is 1. The maximum Gasteiger partial charge on any atom is 0.211 e. The third kappa shape index (κ3) is 12.4. The highest BCUT2D eigenvalue weighted by molar-refractivity contribution is 7.89. The number of unbranched alkanes of at least 4 members (excludes halogenated alkanes) is 13. The van der Waals surface area contributed by atoms with Gasteiger partial charge in [-0.3, -0.25) is 0 Å². The molecule has 0 spiro atoms. The number of pyridine rings is 1. The van der Waals surface area contributed by atoms with Crippen LogP contribution >= 0.6 is 0 Å². The molecule has 43 heavy (non-hydrogen) atoms. The topological polar surface area (TPSA) is 103 Å². The Kier molecular flexibility index (Phi) is 15.8. The molecule has 2 aromatic heterocycles. The molecule has 8 heteroatoms. The predicted molar refractivity (Wildman–Crippen MR) is 184 cm³/mol. The quantitative estimate of drug-likeness (QED) is 0.0982. The molecule has 242 valence electrons. The molecule has 0 saturated heterocycles. The molecule has 3 aromatic rings. The fourth-order valence-electron chi connectivity index (χ4n) is 5.98. The first-order chi connectivity index (χ1) is 20.8. The number of nitrogens with zero attached hydrogens (tertiary/aromatic N) is 3. The Bertz CT molecular complexity index is 1320. The third-order valence-electron chi connectivity index (χ3n) is 8.52. The van der Waals surface area contributed by atoms with Gasteiger partial charge < -0.3 is 10.3 Å². The Balaban J connectivity index is 1.30. The number of fused-ring (bicyclic) bond motifs is 3. The number of aryl methyl sites for hydroxylation is 2. The van der Waals surface area contributed by atoms with E-state index in [0.29, 0.717) is 12.4 Å². The first-order valence-corrected chi connectivity index (χ1v) is 19.0. The van der Waals surface area contributed by atoms with Crippen molar-refractivity contribution in [2.45, 2.75) is 143 Å². The minimum atomic E-state index is -3.22. The zero-order chi connectivity index (χ0) is 30.9. The van der Waals surface area contributed by atoms with Gasteiger partial charge in [0.1, 0.15) is 11.3 Å². The molecule has 7 nitrogen and oxygen atoms in total. The van der Waals surface area contributed by atoms with E-state index in [1.165, 1.54) is 64.2 Å². The van der Waals surface area contributed by atoms with E-state index in [2.05, 4.69) is 41.1 Å². The van der Waals surface area contributed by atoms with E-state index in [1.54, 1.807) is 0 Å². The average Bonchev–Trinajstić information content (AvgIpc) is 3.35. The van der Waals surface area contributed by atoms with Crippen molar-refractivity contribution in [3.8, 4) is 0 Å². The zero-order valence-corrected chi connectivity index (χ0v) is 28.2. The van der Waals surface area contributed by atoms with E-state index >= 15 is 0 Å². The molecule has 0 fully saturated rings. The van der Waals surface area contributed by atoms with Crippen LogP contribution in [0, 0.1) is 5.92 Å². The highest BCUT2D eigenvalue weighted by atomic mass is 32.2. The Labute approximate surface area is 261 Å². The molecule has 0 bridgehead atoms. The summed E-state index contributed by atoms with van der Waals surface area (Å²) in [7, 11) is -3.22. The van der Waals surface area contributed by atoms with Crippen LogP contribution in [0.1, 0.15) is 136 Å². The number of benzene rings is 1. The van der Waals surface area contributed by atoms with Crippen LogP contribution in [-0.2, 0) is 23.0 Å². The van der Waals surface area contributed by atoms with Crippen molar-refractivity contribution in [3.63, 3.8) is 0 Å². The van der Waals surface area contributed by atoms with Gasteiger partial charge in [-0.2, -0.15) is 0 Å². The molecule has 0 atom stereocenters. The number of nitrogens with two attached hydrogens (primary N) is 1. The summed E-state index contributed by atoms with van der Waals surface area (Å²) >= 11 is 0. The van der Waals surface area contributed by atoms with E-state index in [-0.39, 0.29) is 5.75 Å². The van der Waals surface area contributed by atoms with Gasteiger partial charge in [0.15, 0.2) is 5.82 Å². The van der Waals surface area contributed by atoms with E-state index in [1.807, 2.05) is 18.2 Å². The Morgan fingerprint density at radius 1 is 0.814 bits per heavy atom. The number of sulfonamides is 1. The lowest BCUT2D eigenvalue weighted by molar-refractivity contribution is 0.503. The van der Waals surface area contributed by atoms with Gasteiger partial charge in [-0.1, -0.05) is 122 Å². The lowest BCUT2D eigenvalue weighted by Crippen LogP contribution is -2.27. The van der Waals surface area contributed by atoms with Crippen LogP contribution in [0.25, 0.3) is 21.9 Å². The van der Waals surface area contributed by atoms with Gasteiger partial charge in [0.05, 0.1) is 16.8 Å². The Morgan fingerprint density at radius 3 is 2.09 bits per heavy atom. The van der Waals surface area contributed by atoms with Crippen molar-refractivity contribution in [1.82, 2.24) is 19.3 Å². The van der Waals surface area contributed by atoms with Gasteiger partial charge >= 0.3 is 0 Å². The van der Waals surface area contributed by atoms with Crippen molar-refractivity contribution in [1.29, 1.82) is 0 Å². The van der Waals surface area contributed by atoms with Crippen LogP contribution in [0.15, 0.2) is 24.3 Å². The summed E-state index contributed by atoms with van der Waals surface area (Å²) in [6.45, 7) is 8.06. The number of rotatable bonds is 24. The molecule has 0 aliphatic heterocycles. The third-order valence-corrected chi connectivity index (χ3v) is 9.99. The summed E-state index contributed by atoms with van der Waals surface area (Å²) in [4.78, 5) is 9.46. The molecule has 0 radical (unpaired) electrons. The number of imidazole rings is 1. The standard InChI is InChI=1S/C35H59N5O2S/c1-4-5-25-32-39-33-34(30-23-17-18-24-31(30)38-35(33)36)40(32)27-20-19-26-37-43(41,42)28-21-15-13-11-9-7-6-8-10-12-14-16-22-29(2)3/h17-18,23-24,29,37H,4-16,19-22,25-28H2,1-3H3,(H2,36,38). The molecule has 3 rings (SSSR count). The average molecular weight is 614 g/mol. The largest absolute Gasteiger partial charge is 0.382 e. The molecule has 0 aliphatic rings. The second-order valence-corrected chi connectivity index (χ2v) is 14.8. The minimum Gasteiger partial charge on any atom is -0.382 e. The van der Waals surface area contributed by atoms with Crippen LogP contribution in [0.2, 0.25) is 0 Å². The predicted octanol–water partition coefficient (Wildman–Crippen LogP) is 8.94. The summed E-state index contributed by atoms with van der Waals surface area (Å²) in [6, 6.07) is 8.07. The molecule has 0 aliphatic carbocycles. The zero-order valence-electron chi connectivity index (χ0n) is 27.4. The van der Waals surface area contributed by atoms with Crippen molar-refractivity contribution < 1.29 is 8.42 Å². The van der Waals surface area contributed by atoms with E-state index < -0.39 is 10.0 Å². The Morgan fingerprint density at radius 2 is 1.44 bits per heavy atom. The lowest BCUT2D eigenvalue weighted by Gasteiger charge is -2.11. The lowest BCUT2D eigenvalue weighted by atomic mass is 10.0. The van der Waals surface area contributed by atoms with Crippen LogP contribution in [-0.4, -0.2) is 35.3 Å². The van der Waals surface area contributed by atoms with Crippen LogP contribution in [0.5, 0.6) is 0 Å². The number of hydrogen-bond donors (Lipinski definition) is 2.